The molecular weight excluding hydrogens is 548 g/mol. The molecule has 5 N–H and O–H groups in total. The second kappa shape index (κ2) is 16.2. The van der Waals surface area contributed by atoms with E-state index < -0.39 is 5.97 Å². The number of furan rings is 1. The minimum Gasteiger partial charge on any atom is -0.505 e. The number of aromatic hydroxyl groups is 1. The van der Waals surface area contributed by atoms with Gasteiger partial charge in [-0.2, -0.15) is 0 Å². The summed E-state index contributed by atoms with van der Waals surface area (Å²) in [6.07, 6.45) is 3.18. The molecule has 230 valence electrons. The fourth-order valence-electron chi connectivity index (χ4n) is 4.55. The predicted octanol–water partition coefficient (Wildman–Crippen LogP) is 6.27. The van der Waals surface area contributed by atoms with Crippen LogP contribution in [0.15, 0.2) is 68.0 Å². The van der Waals surface area contributed by atoms with Gasteiger partial charge in [0, 0.05) is 0 Å². The van der Waals surface area contributed by atoms with Crippen LogP contribution in [0, 0.1) is 6.92 Å². The third-order valence-electron chi connectivity index (χ3n) is 6.74. The molecule has 5 rings (SSSR count). The number of H-pyrrole nitrogens is 1. The summed E-state index contributed by atoms with van der Waals surface area (Å²) in [7, 11) is 0. The van der Waals surface area contributed by atoms with E-state index in [1.165, 1.54) is 34.0 Å². The molecule has 4 aromatic rings. The van der Waals surface area contributed by atoms with Gasteiger partial charge in [-0.3, -0.25) is 9.89 Å². The Hall–Kier alpha value is -4.48. The van der Waals surface area contributed by atoms with Crippen molar-refractivity contribution in [3.8, 4) is 22.8 Å². The number of aryl methyl sites for hydroxylation is 3. The van der Waals surface area contributed by atoms with E-state index in [2.05, 4.69) is 59.7 Å². The number of carbonyl (C=O) groups is 1. The molecule has 2 heterocycles. The number of hydrogen-bond acceptors (Lipinski definition) is 8. The van der Waals surface area contributed by atoms with Gasteiger partial charge in [-0.25, -0.2) is 9.48 Å². The maximum atomic E-state index is 13.0. The number of phenols is 1. The summed E-state index contributed by atoms with van der Waals surface area (Å²) >= 11 is 0. The van der Waals surface area contributed by atoms with Gasteiger partial charge in [0.1, 0.15) is 11.4 Å². The lowest BCUT2D eigenvalue weighted by Crippen LogP contribution is -2.14. The van der Waals surface area contributed by atoms with Gasteiger partial charge in [-0.1, -0.05) is 39.8 Å². The second-order valence-corrected chi connectivity index (χ2v) is 9.79. The van der Waals surface area contributed by atoms with Crippen molar-refractivity contribution in [1.29, 1.82) is 0 Å². The number of carboxylic acid groups (broad SMARTS) is 1. The number of rotatable bonds is 9. The molecule has 0 atom stereocenters. The standard InChI is InChI=1S/C24H20N4O5.2C4H11N/c1-13-21(23(30)28(27-13)16-9-8-14-4-2-5-15(14)12-16)26-25-18-7-3-6-17(22(18)29)19-10-11-20(33-19)24(31)32;2*1-3-5-4-2/h3,6-12,27,29H,2,4-5H2,1H3,(H,31,32);2*5H,3-4H2,1-2H3. The summed E-state index contributed by atoms with van der Waals surface area (Å²) in [6, 6.07) is 13.5. The normalized spacial score (nSPS) is 11.9. The first-order valence-electron chi connectivity index (χ1n) is 14.7. The summed E-state index contributed by atoms with van der Waals surface area (Å²) in [5.74, 6) is -1.51. The maximum Gasteiger partial charge on any atom is 0.371 e. The Labute approximate surface area is 251 Å². The summed E-state index contributed by atoms with van der Waals surface area (Å²) in [4.78, 5) is 24.1. The fraction of sp³-hybridized carbons (Fsp3) is 0.375. The number of carboxylic acids is 1. The van der Waals surface area contributed by atoms with E-state index in [0.29, 0.717) is 5.69 Å². The van der Waals surface area contributed by atoms with Crippen molar-refractivity contribution >= 4 is 17.3 Å². The van der Waals surface area contributed by atoms with Crippen molar-refractivity contribution in [2.75, 3.05) is 26.2 Å². The summed E-state index contributed by atoms with van der Waals surface area (Å²) < 4.78 is 6.70. The number of nitrogens with one attached hydrogen (secondary N) is 3. The molecule has 0 saturated carbocycles. The highest BCUT2D eigenvalue weighted by Crippen LogP contribution is 2.38. The van der Waals surface area contributed by atoms with Gasteiger partial charge in [0.25, 0.3) is 5.56 Å². The highest BCUT2D eigenvalue weighted by Gasteiger charge is 2.18. The van der Waals surface area contributed by atoms with Crippen LogP contribution >= 0.6 is 0 Å². The van der Waals surface area contributed by atoms with Crippen molar-refractivity contribution in [3.05, 3.63) is 81.5 Å². The number of para-hydroxylation sites is 1. The Balaban J connectivity index is 0.000000440. The number of aromatic carboxylic acids is 1. The SMILES string of the molecule is CCNCC.CCNCC.Cc1[nH]n(-c2ccc3c(c2)CCC3)c(=O)c1N=Nc1cccc(-c2ccc(C(=O)O)o2)c1O. The topological polar surface area (TPSA) is 157 Å². The highest BCUT2D eigenvalue weighted by atomic mass is 16.4. The predicted molar refractivity (Wildman–Crippen MR) is 169 cm³/mol. The monoisotopic (exact) mass is 590 g/mol. The summed E-state index contributed by atoms with van der Waals surface area (Å²) in [5, 5.41) is 37.1. The van der Waals surface area contributed by atoms with Gasteiger partial charge in [-0.15, -0.1) is 10.2 Å². The van der Waals surface area contributed by atoms with Crippen molar-refractivity contribution in [2.24, 2.45) is 10.2 Å². The Morgan fingerprint density at radius 1 is 0.953 bits per heavy atom. The molecule has 11 nitrogen and oxygen atoms in total. The highest BCUT2D eigenvalue weighted by molar-refractivity contribution is 5.85. The van der Waals surface area contributed by atoms with E-state index in [1.54, 1.807) is 19.1 Å². The van der Waals surface area contributed by atoms with Gasteiger partial charge in [0.2, 0.25) is 5.76 Å². The third-order valence-corrected chi connectivity index (χ3v) is 6.74. The number of phenolic OH excluding ortho intramolecular Hbond substituents is 1. The number of nitrogens with zero attached hydrogens (tertiary/aromatic N) is 3. The Bertz CT molecular complexity index is 1570. The second-order valence-electron chi connectivity index (χ2n) is 9.79. The average molecular weight is 591 g/mol. The number of aromatic amines is 1. The molecule has 0 amide bonds. The van der Waals surface area contributed by atoms with E-state index in [4.69, 9.17) is 9.52 Å². The molecule has 0 unspecified atom stereocenters. The molecule has 2 aromatic carbocycles. The molecule has 0 spiro atoms. The molecule has 0 aliphatic heterocycles. The quantitative estimate of drug-likeness (QED) is 0.144. The van der Waals surface area contributed by atoms with E-state index in [-0.39, 0.29) is 39.8 Å². The lowest BCUT2D eigenvalue weighted by atomic mass is 10.1. The van der Waals surface area contributed by atoms with Crippen molar-refractivity contribution in [2.45, 2.75) is 53.9 Å². The van der Waals surface area contributed by atoms with Crippen LogP contribution in [-0.2, 0) is 12.8 Å². The van der Waals surface area contributed by atoms with Crippen LogP contribution in [0.4, 0.5) is 11.4 Å². The van der Waals surface area contributed by atoms with Gasteiger partial charge in [0.15, 0.2) is 11.4 Å². The van der Waals surface area contributed by atoms with Crippen LogP contribution in [0.2, 0.25) is 0 Å². The molecule has 0 radical (unpaired) electrons. The van der Waals surface area contributed by atoms with Crippen molar-refractivity contribution in [1.82, 2.24) is 20.4 Å². The molecule has 1 aliphatic carbocycles. The first-order chi connectivity index (χ1) is 20.7. The Kier molecular flexibility index (Phi) is 12.5. The smallest absolute Gasteiger partial charge is 0.371 e. The van der Waals surface area contributed by atoms with Gasteiger partial charge in [0.05, 0.1) is 16.9 Å². The Morgan fingerprint density at radius 2 is 1.63 bits per heavy atom. The third kappa shape index (κ3) is 8.52. The van der Waals surface area contributed by atoms with E-state index in [1.807, 2.05) is 12.1 Å². The molecule has 0 saturated heterocycles. The lowest BCUT2D eigenvalue weighted by Gasteiger charge is -2.05. The van der Waals surface area contributed by atoms with Crippen LogP contribution in [0.5, 0.6) is 5.75 Å². The van der Waals surface area contributed by atoms with E-state index >= 15 is 0 Å². The van der Waals surface area contributed by atoms with E-state index in [0.717, 1.165) is 51.1 Å². The first kappa shape index (κ1) is 33.0. The number of benzene rings is 2. The number of aromatic nitrogens is 2. The molecule has 11 heteroatoms. The maximum absolute atomic E-state index is 13.0. The lowest BCUT2D eigenvalue weighted by molar-refractivity contribution is 0.0663. The van der Waals surface area contributed by atoms with Crippen LogP contribution in [0.25, 0.3) is 17.0 Å². The van der Waals surface area contributed by atoms with Crippen LogP contribution < -0.4 is 16.2 Å². The van der Waals surface area contributed by atoms with Gasteiger partial charge >= 0.3 is 5.97 Å². The molecule has 43 heavy (non-hydrogen) atoms. The van der Waals surface area contributed by atoms with Gasteiger partial charge < -0.3 is 25.3 Å². The zero-order chi connectivity index (χ0) is 31.4. The number of fused-ring (bicyclic) bond motifs is 1. The zero-order valence-electron chi connectivity index (χ0n) is 25.5. The minimum absolute atomic E-state index is 0.116. The molecule has 1 aliphatic rings. The van der Waals surface area contributed by atoms with Crippen LogP contribution in [0.1, 0.15) is 61.5 Å². The molecule has 0 fully saturated rings. The summed E-state index contributed by atoms with van der Waals surface area (Å²) in [6.45, 7) is 14.5. The van der Waals surface area contributed by atoms with Crippen molar-refractivity contribution in [3.63, 3.8) is 0 Å². The first-order valence-corrected chi connectivity index (χ1v) is 14.7. The molecule has 0 bridgehead atoms. The average Bonchev–Trinajstić information content (AvgIpc) is 3.73. The largest absolute Gasteiger partial charge is 0.505 e. The van der Waals surface area contributed by atoms with E-state index in [9.17, 15) is 14.7 Å². The van der Waals surface area contributed by atoms with Crippen LogP contribution in [-0.4, -0.2) is 52.1 Å². The summed E-state index contributed by atoms with van der Waals surface area (Å²) in [5.41, 5.74) is 4.01. The van der Waals surface area contributed by atoms with Crippen LogP contribution in [0.3, 0.4) is 0 Å². The van der Waals surface area contributed by atoms with Crippen molar-refractivity contribution < 1.29 is 19.4 Å². The molecular formula is C32H42N6O5. The number of azo groups is 1. The Morgan fingerprint density at radius 3 is 2.23 bits per heavy atom. The molecule has 2 aromatic heterocycles. The zero-order valence-corrected chi connectivity index (χ0v) is 25.5. The number of hydrogen-bond donors (Lipinski definition) is 5. The van der Waals surface area contributed by atoms with Gasteiger partial charge in [-0.05, 0) is 99.9 Å². The fourth-order valence-corrected chi connectivity index (χ4v) is 4.55. The minimum atomic E-state index is -1.21.